The van der Waals surface area contributed by atoms with Crippen molar-refractivity contribution in [3.63, 3.8) is 0 Å². The Kier molecular flexibility index (Phi) is 58.0. The highest BCUT2D eigenvalue weighted by Crippen LogP contribution is 2.31. The molecule has 4 aliphatic rings. The zero-order valence-corrected chi connectivity index (χ0v) is 46.5. The van der Waals surface area contributed by atoms with Gasteiger partial charge in [0.1, 0.15) is 0 Å². The second-order valence-corrected chi connectivity index (χ2v) is 15.9. The van der Waals surface area contributed by atoms with Crippen molar-refractivity contribution in [1.29, 1.82) is 0 Å². The van der Waals surface area contributed by atoms with Crippen molar-refractivity contribution in [3.8, 4) is 0 Å². The summed E-state index contributed by atoms with van der Waals surface area (Å²) in [6, 6.07) is 0. The molecule has 0 spiro atoms. The van der Waals surface area contributed by atoms with Gasteiger partial charge < -0.3 is 73.5 Å². The molecule has 0 aromatic rings. The first kappa shape index (κ1) is 80.6. The van der Waals surface area contributed by atoms with Gasteiger partial charge in [0.15, 0.2) is 0 Å². The Bertz CT molecular complexity index is 1450. The van der Waals surface area contributed by atoms with E-state index in [4.69, 9.17) is 38.6 Å². The Hall–Kier alpha value is -5.52. The molecule has 4 heterocycles. The van der Waals surface area contributed by atoms with E-state index >= 15 is 0 Å². The van der Waals surface area contributed by atoms with Gasteiger partial charge in [0.2, 0.25) is 17.7 Å². The number of carbonyl (C=O) groups is 6. The maximum Gasteiger partial charge on any atom is 0.335 e. The summed E-state index contributed by atoms with van der Waals surface area (Å²) in [6.07, 6.45) is 5.46. The number of aliphatic hydroxyl groups is 2. The van der Waals surface area contributed by atoms with Crippen LogP contribution in [0.5, 0.6) is 0 Å². The van der Waals surface area contributed by atoms with Crippen LogP contribution in [0.2, 0.25) is 0 Å². The van der Waals surface area contributed by atoms with E-state index in [-0.39, 0.29) is 53.7 Å². The molecule has 5 N–H and O–H groups in total. The maximum absolute atomic E-state index is 10.4. The third kappa shape index (κ3) is 58.8. The zero-order valence-electron chi connectivity index (χ0n) is 46.5. The van der Waals surface area contributed by atoms with Gasteiger partial charge in [0.25, 0.3) is 0 Å². The van der Waals surface area contributed by atoms with Gasteiger partial charge in [-0.2, -0.15) is 0 Å². The van der Waals surface area contributed by atoms with E-state index in [0.29, 0.717) is 28.1 Å². The Balaban J connectivity index is -0.000000130. The number of ether oxygens (including phenoxy) is 10. The van der Waals surface area contributed by atoms with E-state index in [1.807, 2.05) is 0 Å². The first-order chi connectivity index (χ1) is 33.5. The summed E-state index contributed by atoms with van der Waals surface area (Å²) in [6.45, 7) is 43.2. The summed E-state index contributed by atoms with van der Waals surface area (Å²) in [5.74, 6) is -1.86. The van der Waals surface area contributed by atoms with Gasteiger partial charge in [-0.1, -0.05) is 59.9 Å². The van der Waals surface area contributed by atoms with Gasteiger partial charge in [-0.25, -0.2) is 14.4 Å². The number of hydrogen-bond donors (Lipinski definition) is 5. The molecule has 4 fully saturated rings. The normalized spacial score (nSPS) is 14.7. The van der Waals surface area contributed by atoms with Crippen molar-refractivity contribution in [1.82, 2.24) is 16.0 Å². The van der Waals surface area contributed by atoms with Crippen LogP contribution < -0.4 is 16.0 Å². The van der Waals surface area contributed by atoms with Crippen molar-refractivity contribution >= 4 is 35.6 Å². The number of methoxy groups -OCH3 is 6. The van der Waals surface area contributed by atoms with E-state index in [1.54, 1.807) is 49.3 Å². The minimum atomic E-state index is -0.563. The number of epoxide rings is 2. The van der Waals surface area contributed by atoms with E-state index in [0.717, 1.165) is 58.9 Å². The Morgan fingerprint density at radius 2 is 1.06 bits per heavy atom. The van der Waals surface area contributed by atoms with Gasteiger partial charge in [-0.3, -0.25) is 14.4 Å². The average molecular weight is 1040 g/mol. The molecule has 0 aliphatic carbocycles. The number of amides is 3. The van der Waals surface area contributed by atoms with Gasteiger partial charge in [0.05, 0.1) is 118 Å². The van der Waals surface area contributed by atoms with E-state index in [1.165, 1.54) is 47.1 Å². The van der Waals surface area contributed by atoms with Crippen molar-refractivity contribution in [2.75, 3.05) is 130 Å². The van der Waals surface area contributed by atoms with E-state index < -0.39 is 11.9 Å². The standard InChI is InChI=1S/C7H14O2.C6H12O2.C5H9NO2.C5H9NO.C5H8O3.C5H8O2.C4H7NO.C4H6O2.C4H8O.2C3H6O/c1-3-7(4-8-2)5-9-6-7;1-6(3-7-2)4-8-5-6;1-4(3-7)5(8)6-2;1-4(2)5(7)6-3;1-4(3-6)5(7)8-2;1-4(2)5(6)7-3;1-3-4(6)5-2;1-3-4(5)6-2;1-4(2)3-5-4;1-3-2-4-3;1-3-4-2/h3-6H2,1-2H3;3-5H2,1-2H3;7H,1,3H2,2H3,(H,6,8);1H2,2-3H3,(H,6,7);6H,1,3H2,2H3;1H2,2-3H3;3H,1H2,2H3,(H,5,6);3H,1H2,2H3;3H2,1-2H3;3H,2H2,1H3;3H,1H2,2H3. The smallest absolute Gasteiger partial charge is 0.335 e. The van der Waals surface area contributed by atoms with Gasteiger partial charge in [-0.05, 0) is 47.1 Å². The fraction of sp³-hybridized carbons (Fsp3) is 0.608. The van der Waals surface area contributed by atoms with Crippen molar-refractivity contribution in [2.45, 2.75) is 66.6 Å². The summed E-state index contributed by atoms with van der Waals surface area (Å²) in [5, 5.41) is 23.6. The number of likely N-dealkylation sites (N-methyl/N-ethyl adjacent to an activating group) is 3. The van der Waals surface area contributed by atoms with Gasteiger partial charge >= 0.3 is 17.9 Å². The molecule has 3 amide bonds. The zero-order chi connectivity index (χ0) is 57.9. The molecule has 4 aliphatic heterocycles. The fourth-order valence-corrected chi connectivity index (χ4v) is 3.24. The monoisotopic (exact) mass is 1040 g/mol. The summed E-state index contributed by atoms with van der Waals surface area (Å²) < 4.78 is 46.7. The Morgan fingerprint density at radius 3 is 1.11 bits per heavy atom. The summed E-state index contributed by atoms with van der Waals surface area (Å²) in [7, 11) is 13.5. The van der Waals surface area contributed by atoms with Crippen molar-refractivity contribution in [3.05, 3.63) is 86.8 Å². The third-order valence-electron chi connectivity index (χ3n) is 8.15. The molecule has 0 aromatic heterocycles. The molecule has 1 unspecified atom stereocenters. The number of carbonyl (C=O) groups excluding carboxylic acids is 6. The first-order valence-corrected chi connectivity index (χ1v) is 22.1. The lowest BCUT2D eigenvalue weighted by Crippen LogP contribution is -2.45. The quantitative estimate of drug-likeness (QED) is 0.0541. The van der Waals surface area contributed by atoms with Crippen molar-refractivity contribution < 1.29 is 86.3 Å². The number of rotatable bonds is 14. The van der Waals surface area contributed by atoms with Crippen LogP contribution >= 0.6 is 0 Å². The summed E-state index contributed by atoms with van der Waals surface area (Å²) >= 11 is 0. The van der Waals surface area contributed by atoms with Crippen LogP contribution in [0.15, 0.2) is 86.8 Å². The number of hydrogen-bond acceptors (Lipinski definition) is 18. The lowest BCUT2D eigenvalue weighted by atomic mass is 9.84. The van der Waals surface area contributed by atoms with Crippen LogP contribution in [-0.4, -0.2) is 187 Å². The van der Waals surface area contributed by atoms with Crippen LogP contribution in [0, 0.1) is 10.8 Å². The third-order valence-corrected chi connectivity index (χ3v) is 8.15. The summed E-state index contributed by atoms with van der Waals surface area (Å²) in [5.41, 5.74) is 2.19. The lowest BCUT2D eigenvalue weighted by molar-refractivity contribution is -0.144. The highest BCUT2D eigenvalue weighted by atomic mass is 16.6. The topological polar surface area (TPSA) is 278 Å². The predicted molar refractivity (Wildman–Crippen MR) is 280 cm³/mol. The van der Waals surface area contributed by atoms with Crippen LogP contribution in [-0.2, 0) is 76.1 Å². The highest BCUT2D eigenvalue weighted by molar-refractivity contribution is 5.92. The molecule has 72 heavy (non-hydrogen) atoms. The Morgan fingerprint density at radius 1 is 0.653 bits per heavy atom. The number of nitrogens with one attached hydrogen (secondary N) is 3. The molecular weight excluding hydrogens is 943 g/mol. The molecule has 0 radical (unpaired) electrons. The molecular formula is C51H93N3O18. The van der Waals surface area contributed by atoms with Crippen LogP contribution in [0.3, 0.4) is 0 Å². The number of esters is 3. The molecule has 21 nitrogen and oxygen atoms in total. The van der Waals surface area contributed by atoms with E-state index in [9.17, 15) is 28.8 Å². The second-order valence-electron chi connectivity index (χ2n) is 15.9. The lowest BCUT2D eigenvalue weighted by Gasteiger charge is -2.39. The molecule has 1 atom stereocenters. The van der Waals surface area contributed by atoms with Crippen LogP contribution in [0.25, 0.3) is 0 Å². The van der Waals surface area contributed by atoms with Crippen molar-refractivity contribution in [2.24, 2.45) is 10.8 Å². The SMILES string of the molecule is C=C(C)C(=O)NC.C=C(C)C(=O)OC.C=C(CO)C(=O)NC.C=C(CO)C(=O)OC.C=CC(=O)NC.C=CC(=O)OC.C=COC.CC1(C)CO1.CC1CO1.CCC1(COC)COC1.COCC1(C)COC1. The Labute approximate surface area is 431 Å². The van der Waals surface area contributed by atoms with Crippen LogP contribution in [0.4, 0.5) is 0 Å². The second kappa shape index (κ2) is 51.8. The maximum atomic E-state index is 10.4. The van der Waals surface area contributed by atoms with Gasteiger partial charge in [-0.15, -0.1) is 0 Å². The average Bonchev–Trinajstić information content (AvgIpc) is 4.31. The molecule has 420 valence electrons. The summed E-state index contributed by atoms with van der Waals surface area (Å²) in [4.78, 5) is 60.9. The minimum absolute atomic E-state index is 0.0764. The first-order valence-electron chi connectivity index (χ1n) is 22.1. The number of aliphatic hydroxyl groups excluding tert-OH is 2. The van der Waals surface area contributed by atoms with Gasteiger partial charge in [0, 0.05) is 69.0 Å². The molecule has 4 saturated heterocycles. The largest absolute Gasteiger partial charge is 0.505 e. The van der Waals surface area contributed by atoms with E-state index in [2.05, 4.69) is 116 Å². The molecule has 0 aromatic carbocycles. The minimum Gasteiger partial charge on any atom is -0.505 e. The fourth-order valence-electron chi connectivity index (χ4n) is 3.24. The molecule has 0 saturated carbocycles. The predicted octanol–water partition coefficient (Wildman–Crippen LogP) is 4.00. The molecule has 0 bridgehead atoms. The van der Waals surface area contributed by atoms with Crippen LogP contribution in [0.1, 0.15) is 54.9 Å². The highest BCUT2D eigenvalue weighted by Gasteiger charge is 2.36. The molecule has 21 heteroatoms. The molecule has 4 rings (SSSR count).